The Hall–Kier alpha value is -1.88. The first kappa shape index (κ1) is 17.5. The van der Waals surface area contributed by atoms with Gasteiger partial charge in [0, 0.05) is 19.1 Å². The molecule has 5 heteroatoms. The highest BCUT2D eigenvalue weighted by atomic mass is 16.5. The standard InChI is InChI=1S/C18H25NO4/c1-2-23-16(13-6-4-3-5-7-13)12-19-17(20)14-8-10-15(11-9-14)18(21)22/h3-7,14-16H,2,8-12H2,1H3,(H,19,20)(H,21,22). The quantitative estimate of drug-likeness (QED) is 0.810. The van der Waals surface area contributed by atoms with Crippen molar-refractivity contribution in [2.45, 2.75) is 38.7 Å². The van der Waals surface area contributed by atoms with Crippen molar-refractivity contribution in [3.8, 4) is 0 Å². The Kier molecular flexibility index (Phi) is 6.59. The van der Waals surface area contributed by atoms with Crippen molar-refractivity contribution < 1.29 is 19.4 Å². The molecule has 0 saturated heterocycles. The van der Waals surface area contributed by atoms with E-state index in [-0.39, 0.29) is 23.8 Å². The summed E-state index contributed by atoms with van der Waals surface area (Å²) >= 11 is 0. The fourth-order valence-electron chi connectivity index (χ4n) is 3.08. The third-order valence-electron chi connectivity index (χ3n) is 4.45. The number of nitrogens with one attached hydrogen (secondary N) is 1. The van der Waals surface area contributed by atoms with Gasteiger partial charge in [-0.05, 0) is 38.2 Å². The topological polar surface area (TPSA) is 75.6 Å². The predicted molar refractivity (Wildman–Crippen MR) is 86.9 cm³/mol. The van der Waals surface area contributed by atoms with Gasteiger partial charge in [0.2, 0.25) is 5.91 Å². The van der Waals surface area contributed by atoms with Crippen molar-refractivity contribution in [2.75, 3.05) is 13.2 Å². The lowest BCUT2D eigenvalue weighted by atomic mass is 9.81. The molecule has 1 saturated carbocycles. The van der Waals surface area contributed by atoms with E-state index < -0.39 is 5.97 Å². The van der Waals surface area contributed by atoms with Gasteiger partial charge in [-0.3, -0.25) is 9.59 Å². The fourth-order valence-corrected chi connectivity index (χ4v) is 3.08. The number of carboxylic acids is 1. The van der Waals surface area contributed by atoms with Gasteiger partial charge in [-0.2, -0.15) is 0 Å². The third-order valence-corrected chi connectivity index (χ3v) is 4.45. The van der Waals surface area contributed by atoms with Crippen LogP contribution in [0.3, 0.4) is 0 Å². The highest BCUT2D eigenvalue weighted by molar-refractivity contribution is 5.79. The maximum atomic E-state index is 12.3. The summed E-state index contributed by atoms with van der Waals surface area (Å²) in [5.74, 6) is -1.11. The molecule has 0 heterocycles. The number of ether oxygens (including phenoxy) is 1. The van der Waals surface area contributed by atoms with Crippen molar-refractivity contribution in [2.24, 2.45) is 11.8 Å². The van der Waals surface area contributed by atoms with Crippen LogP contribution in [0.2, 0.25) is 0 Å². The van der Waals surface area contributed by atoms with E-state index in [1.807, 2.05) is 37.3 Å². The van der Waals surface area contributed by atoms with E-state index in [1.54, 1.807) is 0 Å². The van der Waals surface area contributed by atoms with E-state index in [0.717, 1.165) is 5.56 Å². The number of rotatable bonds is 7. The first-order valence-corrected chi connectivity index (χ1v) is 8.28. The molecular weight excluding hydrogens is 294 g/mol. The van der Waals surface area contributed by atoms with Gasteiger partial charge in [0.25, 0.3) is 0 Å². The maximum Gasteiger partial charge on any atom is 0.306 e. The summed E-state index contributed by atoms with van der Waals surface area (Å²) < 4.78 is 5.72. The van der Waals surface area contributed by atoms with Gasteiger partial charge < -0.3 is 15.2 Å². The van der Waals surface area contributed by atoms with Crippen LogP contribution in [-0.4, -0.2) is 30.1 Å². The molecule has 0 spiro atoms. The third kappa shape index (κ3) is 5.06. The van der Waals surface area contributed by atoms with Crippen LogP contribution in [0.1, 0.15) is 44.3 Å². The smallest absolute Gasteiger partial charge is 0.306 e. The molecule has 2 N–H and O–H groups in total. The number of benzene rings is 1. The molecular formula is C18H25NO4. The molecule has 1 unspecified atom stereocenters. The lowest BCUT2D eigenvalue weighted by Crippen LogP contribution is -2.37. The van der Waals surface area contributed by atoms with Crippen molar-refractivity contribution in [1.82, 2.24) is 5.32 Å². The predicted octanol–water partition coefficient (Wildman–Crippen LogP) is 2.77. The Labute approximate surface area is 137 Å². The lowest BCUT2D eigenvalue weighted by Gasteiger charge is -2.26. The van der Waals surface area contributed by atoms with Gasteiger partial charge in [0.05, 0.1) is 12.0 Å². The summed E-state index contributed by atoms with van der Waals surface area (Å²) in [5, 5.41) is 12.0. The summed E-state index contributed by atoms with van der Waals surface area (Å²) in [6.07, 6.45) is 2.31. The average molecular weight is 319 g/mol. The van der Waals surface area contributed by atoms with Crippen molar-refractivity contribution in [3.63, 3.8) is 0 Å². The highest BCUT2D eigenvalue weighted by Gasteiger charge is 2.29. The Morgan fingerprint density at radius 2 is 1.78 bits per heavy atom. The van der Waals surface area contributed by atoms with Gasteiger partial charge >= 0.3 is 5.97 Å². The summed E-state index contributed by atoms with van der Waals surface area (Å²) in [4.78, 5) is 23.3. The van der Waals surface area contributed by atoms with Crippen LogP contribution in [0, 0.1) is 11.8 Å². The molecule has 2 rings (SSSR count). The molecule has 0 aromatic heterocycles. The van der Waals surface area contributed by atoms with Gasteiger partial charge in [-0.15, -0.1) is 0 Å². The van der Waals surface area contributed by atoms with Crippen LogP contribution in [0.5, 0.6) is 0 Å². The zero-order valence-electron chi connectivity index (χ0n) is 13.5. The van der Waals surface area contributed by atoms with Gasteiger partial charge in [0.15, 0.2) is 0 Å². The van der Waals surface area contributed by atoms with Crippen LogP contribution >= 0.6 is 0 Å². The van der Waals surface area contributed by atoms with Crippen LogP contribution in [0.25, 0.3) is 0 Å². The molecule has 126 valence electrons. The van der Waals surface area contributed by atoms with Crippen LogP contribution in [-0.2, 0) is 14.3 Å². The molecule has 1 aliphatic rings. The normalized spacial score (nSPS) is 22.3. The molecule has 0 bridgehead atoms. The summed E-state index contributed by atoms with van der Waals surface area (Å²) in [6.45, 7) is 2.96. The van der Waals surface area contributed by atoms with E-state index in [9.17, 15) is 9.59 Å². The first-order chi connectivity index (χ1) is 11.1. The molecule has 1 amide bonds. The number of carbonyl (C=O) groups is 2. The van der Waals surface area contributed by atoms with Crippen LogP contribution in [0.15, 0.2) is 30.3 Å². The zero-order chi connectivity index (χ0) is 16.7. The Morgan fingerprint density at radius 3 is 2.35 bits per heavy atom. The lowest BCUT2D eigenvalue weighted by molar-refractivity contribution is -0.144. The molecule has 23 heavy (non-hydrogen) atoms. The number of hydrogen-bond donors (Lipinski definition) is 2. The van der Waals surface area contributed by atoms with E-state index >= 15 is 0 Å². The van der Waals surface area contributed by atoms with Gasteiger partial charge in [0.1, 0.15) is 0 Å². The van der Waals surface area contributed by atoms with E-state index in [4.69, 9.17) is 9.84 Å². The second-order valence-corrected chi connectivity index (χ2v) is 5.99. The van der Waals surface area contributed by atoms with Gasteiger partial charge in [-0.1, -0.05) is 30.3 Å². The molecule has 1 aromatic rings. The number of amides is 1. The Morgan fingerprint density at radius 1 is 1.17 bits per heavy atom. The van der Waals surface area contributed by atoms with Crippen molar-refractivity contribution >= 4 is 11.9 Å². The number of carboxylic acid groups (broad SMARTS) is 1. The summed E-state index contributed by atoms with van der Waals surface area (Å²) in [7, 11) is 0. The Bertz CT molecular complexity index is 509. The minimum absolute atomic E-state index is 0.00877. The molecule has 1 aromatic carbocycles. The minimum Gasteiger partial charge on any atom is -0.481 e. The molecule has 1 aliphatic carbocycles. The van der Waals surface area contributed by atoms with Crippen LogP contribution in [0.4, 0.5) is 0 Å². The molecule has 1 atom stereocenters. The van der Waals surface area contributed by atoms with Gasteiger partial charge in [-0.25, -0.2) is 0 Å². The fraction of sp³-hybridized carbons (Fsp3) is 0.556. The molecule has 1 fully saturated rings. The Balaban J connectivity index is 1.84. The second-order valence-electron chi connectivity index (χ2n) is 5.99. The number of aliphatic carboxylic acids is 1. The zero-order valence-corrected chi connectivity index (χ0v) is 13.5. The largest absolute Gasteiger partial charge is 0.481 e. The SMILES string of the molecule is CCOC(CNC(=O)C1CCC(C(=O)O)CC1)c1ccccc1. The number of hydrogen-bond acceptors (Lipinski definition) is 3. The molecule has 5 nitrogen and oxygen atoms in total. The monoisotopic (exact) mass is 319 g/mol. The highest BCUT2D eigenvalue weighted by Crippen LogP contribution is 2.29. The minimum atomic E-state index is -0.746. The molecule has 0 radical (unpaired) electrons. The summed E-state index contributed by atoms with van der Waals surface area (Å²) in [5.41, 5.74) is 1.05. The van der Waals surface area contributed by atoms with E-state index in [1.165, 1.54) is 0 Å². The second kappa shape index (κ2) is 8.67. The van der Waals surface area contributed by atoms with E-state index in [0.29, 0.717) is 38.8 Å². The first-order valence-electron chi connectivity index (χ1n) is 8.28. The maximum absolute atomic E-state index is 12.3. The van der Waals surface area contributed by atoms with Crippen molar-refractivity contribution in [1.29, 1.82) is 0 Å². The number of carbonyl (C=O) groups excluding carboxylic acids is 1. The average Bonchev–Trinajstić information content (AvgIpc) is 2.59. The van der Waals surface area contributed by atoms with E-state index in [2.05, 4.69) is 5.32 Å². The molecule has 0 aliphatic heterocycles. The summed E-state index contributed by atoms with van der Waals surface area (Å²) in [6, 6.07) is 9.84. The van der Waals surface area contributed by atoms with Crippen molar-refractivity contribution in [3.05, 3.63) is 35.9 Å². The van der Waals surface area contributed by atoms with Crippen LogP contribution < -0.4 is 5.32 Å².